The zero-order valence-electron chi connectivity index (χ0n) is 13.1. The highest BCUT2D eigenvalue weighted by Gasteiger charge is 2.58. The van der Waals surface area contributed by atoms with Crippen LogP contribution in [0.3, 0.4) is 0 Å². The van der Waals surface area contributed by atoms with Gasteiger partial charge in [0.05, 0.1) is 6.10 Å². The Kier molecular flexibility index (Phi) is 4.85. The number of ether oxygens (including phenoxy) is 1. The average Bonchev–Trinajstić information content (AvgIpc) is 2.28. The van der Waals surface area contributed by atoms with Crippen molar-refractivity contribution < 1.29 is 4.74 Å². The van der Waals surface area contributed by atoms with E-state index in [0.717, 1.165) is 26.1 Å². The second-order valence-corrected chi connectivity index (χ2v) is 7.15. The molecule has 0 amide bonds. The zero-order chi connectivity index (χ0) is 14.0. The molecule has 0 saturated heterocycles. The van der Waals surface area contributed by atoms with Crippen molar-refractivity contribution in [1.29, 1.82) is 0 Å². The third kappa shape index (κ3) is 3.06. The number of rotatable bonds is 7. The fourth-order valence-electron chi connectivity index (χ4n) is 2.56. The monoisotopic (exact) mass is 256 g/mol. The summed E-state index contributed by atoms with van der Waals surface area (Å²) in [7, 11) is 0. The second kappa shape index (κ2) is 5.48. The predicted molar refractivity (Wildman–Crippen MR) is 77.7 cm³/mol. The van der Waals surface area contributed by atoms with Crippen molar-refractivity contribution in [2.45, 2.75) is 66.0 Å². The first-order valence-electron chi connectivity index (χ1n) is 7.30. The molecule has 0 aromatic carbocycles. The molecule has 0 spiro atoms. The molecule has 0 radical (unpaired) electrons. The van der Waals surface area contributed by atoms with E-state index < -0.39 is 0 Å². The summed E-state index contributed by atoms with van der Waals surface area (Å²) in [5.74, 6) is 0. The lowest BCUT2D eigenvalue weighted by molar-refractivity contribution is -0.148. The van der Waals surface area contributed by atoms with Gasteiger partial charge in [0.25, 0.3) is 0 Å². The van der Waals surface area contributed by atoms with E-state index in [0.29, 0.717) is 11.5 Å². The molecule has 2 unspecified atom stereocenters. The predicted octanol–water partition coefficient (Wildman–Crippen LogP) is 2.54. The molecule has 3 heteroatoms. The highest BCUT2D eigenvalue weighted by Crippen LogP contribution is 2.49. The van der Waals surface area contributed by atoms with E-state index in [-0.39, 0.29) is 11.0 Å². The van der Waals surface area contributed by atoms with E-state index in [4.69, 9.17) is 10.5 Å². The van der Waals surface area contributed by atoms with Crippen LogP contribution in [0.2, 0.25) is 0 Å². The summed E-state index contributed by atoms with van der Waals surface area (Å²) in [4.78, 5) is 0. The normalized spacial score (nSPS) is 31.2. The van der Waals surface area contributed by atoms with Crippen LogP contribution in [0.4, 0.5) is 0 Å². The van der Waals surface area contributed by atoms with Crippen molar-refractivity contribution in [3.05, 3.63) is 0 Å². The lowest BCUT2D eigenvalue weighted by Gasteiger charge is -2.59. The number of nitrogens with two attached hydrogens (primary N) is 1. The zero-order valence-corrected chi connectivity index (χ0v) is 13.1. The van der Waals surface area contributed by atoms with Crippen LogP contribution in [-0.2, 0) is 4.74 Å². The standard InChI is InChI=1S/C15H32N2O/c1-7-13(3,4)10-17-11-15(16)9-12(18-8-2)14(15,5)6/h12,17H,7-11,16H2,1-6H3. The van der Waals surface area contributed by atoms with Crippen LogP contribution in [0.25, 0.3) is 0 Å². The lowest BCUT2D eigenvalue weighted by atomic mass is 9.54. The maximum absolute atomic E-state index is 6.53. The Morgan fingerprint density at radius 2 is 1.94 bits per heavy atom. The molecule has 3 N–H and O–H groups in total. The van der Waals surface area contributed by atoms with Crippen LogP contribution in [0.15, 0.2) is 0 Å². The van der Waals surface area contributed by atoms with Crippen LogP contribution in [0.5, 0.6) is 0 Å². The topological polar surface area (TPSA) is 47.3 Å². The molecular formula is C15H32N2O. The van der Waals surface area contributed by atoms with Crippen LogP contribution in [0, 0.1) is 10.8 Å². The number of nitrogens with one attached hydrogen (secondary N) is 1. The Balaban J connectivity index is 2.44. The molecule has 1 rings (SSSR count). The summed E-state index contributed by atoms with van der Waals surface area (Å²) in [6.45, 7) is 16.0. The molecule has 18 heavy (non-hydrogen) atoms. The third-order valence-electron chi connectivity index (χ3n) is 5.01. The Morgan fingerprint density at radius 3 is 2.39 bits per heavy atom. The van der Waals surface area contributed by atoms with Gasteiger partial charge >= 0.3 is 0 Å². The minimum Gasteiger partial charge on any atom is -0.378 e. The first-order chi connectivity index (χ1) is 8.18. The van der Waals surface area contributed by atoms with Crippen LogP contribution in [0.1, 0.15) is 54.4 Å². The van der Waals surface area contributed by atoms with Crippen molar-refractivity contribution in [2.75, 3.05) is 19.7 Å². The van der Waals surface area contributed by atoms with Crippen LogP contribution in [-0.4, -0.2) is 31.3 Å². The number of hydrogen-bond donors (Lipinski definition) is 2. The molecular weight excluding hydrogens is 224 g/mol. The molecule has 1 aliphatic rings. The van der Waals surface area contributed by atoms with Gasteiger partial charge < -0.3 is 15.8 Å². The van der Waals surface area contributed by atoms with Crippen molar-refractivity contribution >= 4 is 0 Å². The molecule has 3 nitrogen and oxygen atoms in total. The summed E-state index contributed by atoms with van der Waals surface area (Å²) in [5, 5.41) is 3.56. The largest absolute Gasteiger partial charge is 0.378 e. The summed E-state index contributed by atoms with van der Waals surface area (Å²) < 4.78 is 5.75. The number of hydrogen-bond acceptors (Lipinski definition) is 3. The molecule has 1 saturated carbocycles. The van der Waals surface area contributed by atoms with Crippen LogP contribution >= 0.6 is 0 Å². The summed E-state index contributed by atoms with van der Waals surface area (Å²) in [6, 6.07) is 0. The highest BCUT2D eigenvalue weighted by molar-refractivity contribution is 5.14. The van der Waals surface area contributed by atoms with Gasteiger partial charge in [0, 0.05) is 30.7 Å². The summed E-state index contributed by atoms with van der Waals surface area (Å²) in [6.07, 6.45) is 2.46. The van der Waals surface area contributed by atoms with Gasteiger partial charge in [-0.05, 0) is 25.2 Å². The van der Waals surface area contributed by atoms with Gasteiger partial charge in [-0.15, -0.1) is 0 Å². The Bertz CT molecular complexity index is 276. The summed E-state index contributed by atoms with van der Waals surface area (Å²) >= 11 is 0. The molecule has 2 atom stereocenters. The van der Waals surface area contributed by atoms with E-state index >= 15 is 0 Å². The van der Waals surface area contributed by atoms with E-state index in [1.165, 1.54) is 6.42 Å². The fourth-order valence-corrected chi connectivity index (χ4v) is 2.56. The molecule has 0 heterocycles. The Hall–Kier alpha value is -0.120. The minimum absolute atomic E-state index is 0.0619. The van der Waals surface area contributed by atoms with Gasteiger partial charge in [-0.3, -0.25) is 0 Å². The molecule has 0 aromatic rings. The van der Waals surface area contributed by atoms with E-state index in [1.54, 1.807) is 0 Å². The Labute approximate surface area is 113 Å². The first-order valence-corrected chi connectivity index (χ1v) is 7.30. The quantitative estimate of drug-likeness (QED) is 0.736. The highest BCUT2D eigenvalue weighted by atomic mass is 16.5. The average molecular weight is 256 g/mol. The minimum atomic E-state index is -0.128. The van der Waals surface area contributed by atoms with Crippen LogP contribution < -0.4 is 11.1 Å². The van der Waals surface area contributed by atoms with E-state index in [9.17, 15) is 0 Å². The van der Waals surface area contributed by atoms with Gasteiger partial charge in [-0.1, -0.05) is 34.6 Å². The molecule has 0 aromatic heterocycles. The Morgan fingerprint density at radius 1 is 1.33 bits per heavy atom. The summed E-state index contributed by atoms with van der Waals surface area (Å²) in [5.41, 5.74) is 6.81. The lowest BCUT2D eigenvalue weighted by Crippen LogP contribution is -2.73. The van der Waals surface area contributed by atoms with Crippen molar-refractivity contribution in [1.82, 2.24) is 5.32 Å². The maximum Gasteiger partial charge on any atom is 0.0662 e. The van der Waals surface area contributed by atoms with E-state index in [2.05, 4.69) is 46.9 Å². The third-order valence-corrected chi connectivity index (χ3v) is 5.01. The molecule has 0 bridgehead atoms. The van der Waals surface area contributed by atoms with Gasteiger partial charge in [0.1, 0.15) is 0 Å². The molecule has 108 valence electrons. The van der Waals surface area contributed by atoms with Crippen molar-refractivity contribution in [3.63, 3.8) is 0 Å². The van der Waals surface area contributed by atoms with Gasteiger partial charge in [0.15, 0.2) is 0 Å². The molecule has 1 aliphatic carbocycles. The fraction of sp³-hybridized carbons (Fsp3) is 1.00. The second-order valence-electron chi connectivity index (χ2n) is 7.15. The maximum atomic E-state index is 6.53. The van der Waals surface area contributed by atoms with Gasteiger partial charge in [-0.2, -0.15) is 0 Å². The van der Waals surface area contributed by atoms with E-state index in [1.807, 2.05) is 0 Å². The van der Waals surface area contributed by atoms with Crippen molar-refractivity contribution in [3.8, 4) is 0 Å². The van der Waals surface area contributed by atoms with Gasteiger partial charge in [0.2, 0.25) is 0 Å². The molecule has 0 aliphatic heterocycles. The van der Waals surface area contributed by atoms with Crippen molar-refractivity contribution in [2.24, 2.45) is 16.6 Å². The SMILES string of the molecule is CCOC1CC(N)(CNCC(C)(C)CC)C1(C)C. The smallest absolute Gasteiger partial charge is 0.0662 e. The molecule has 1 fully saturated rings. The van der Waals surface area contributed by atoms with Gasteiger partial charge in [-0.25, -0.2) is 0 Å². The first kappa shape index (κ1) is 15.9.